The lowest BCUT2D eigenvalue weighted by Crippen LogP contribution is -2.29. The maximum absolute atomic E-state index is 11.5. The molecule has 0 aliphatic heterocycles. The van der Waals surface area contributed by atoms with Crippen LogP contribution in [0.15, 0.2) is 18.3 Å². The van der Waals surface area contributed by atoms with Gasteiger partial charge in [0.25, 0.3) is 5.91 Å². The van der Waals surface area contributed by atoms with Gasteiger partial charge in [-0.15, -0.1) is 0 Å². The predicted octanol–water partition coefficient (Wildman–Crippen LogP) is 1.50. The number of aromatic nitrogens is 1. The van der Waals surface area contributed by atoms with Gasteiger partial charge in [0.2, 0.25) is 0 Å². The number of nitrogens with zero attached hydrogens (tertiary/aromatic N) is 1. The summed E-state index contributed by atoms with van der Waals surface area (Å²) in [5.74, 6) is -1.13. The molecule has 0 bridgehead atoms. The molecule has 20 heavy (non-hydrogen) atoms. The number of carboxylic acid groups (broad SMARTS) is 1. The van der Waals surface area contributed by atoms with Crippen molar-refractivity contribution in [3.63, 3.8) is 0 Å². The van der Waals surface area contributed by atoms with Crippen molar-refractivity contribution in [2.24, 2.45) is 5.92 Å². The zero-order valence-corrected chi connectivity index (χ0v) is 11.4. The van der Waals surface area contributed by atoms with E-state index in [1.54, 1.807) is 19.3 Å². The van der Waals surface area contributed by atoms with Gasteiger partial charge in [-0.3, -0.25) is 14.6 Å². The van der Waals surface area contributed by atoms with Crippen LogP contribution in [0.3, 0.4) is 0 Å². The summed E-state index contributed by atoms with van der Waals surface area (Å²) >= 11 is 0. The summed E-state index contributed by atoms with van der Waals surface area (Å²) in [6, 6.07) is 3.78. The maximum Gasteiger partial charge on any atom is 0.306 e. The van der Waals surface area contributed by atoms with E-state index < -0.39 is 5.97 Å². The number of anilines is 1. The minimum absolute atomic E-state index is 0.216. The van der Waals surface area contributed by atoms with Crippen molar-refractivity contribution in [3.05, 3.63) is 24.0 Å². The molecule has 0 spiro atoms. The number of pyridine rings is 1. The zero-order valence-electron chi connectivity index (χ0n) is 11.4. The molecule has 6 nitrogen and oxygen atoms in total. The highest BCUT2D eigenvalue weighted by molar-refractivity contribution is 5.92. The first-order valence-electron chi connectivity index (χ1n) is 6.77. The highest BCUT2D eigenvalue weighted by Crippen LogP contribution is 2.26. The van der Waals surface area contributed by atoms with E-state index >= 15 is 0 Å². The first-order chi connectivity index (χ1) is 9.60. The van der Waals surface area contributed by atoms with Gasteiger partial charge in [-0.2, -0.15) is 0 Å². The highest BCUT2D eigenvalue weighted by atomic mass is 16.4. The first-order valence-corrected chi connectivity index (χ1v) is 6.77. The van der Waals surface area contributed by atoms with Gasteiger partial charge in [0, 0.05) is 25.0 Å². The van der Waals surface area contributed by atoms with Crippen molar-refractivity contribution in [2.75, 3.05) is 12.4 Å². The normalized spacial score (nSPS) is 22.1. The van der Waals surface area contributed by atoms with Crippen molar-refractivity contribution in [3.8, 4) is 0 Å². The third kappa shape index (κ3) is 3.46. The molecule has 0 aromatic carbocycles. The fraction of sp³-hybridized carbons (Fsp3) is 0.500. The van der Waals surface area contributed by atoms with Crippen molar-refractivity contribution in [1.82, 2.24) is 10.3 Å². The second kappa shape index (κ2) is 6.36. The molecule has 1 amide bonds. The Bertz CT molecular complexity index is 496. The van der Waals surface area contributed by atoms with Crippen molar-refractivity contribution >= 4 is 17.6 Å². The predicted molar refractivity (Wildman–Crippen MR) is 74.6 cm³/mol. The molecule has 1 heterocycles. The van der Waals surface area contributed by atoms with Gasteiger partial charge in [0.15, 0.2) is 0 Å². The highest BCUT2D eigenvalue weighted by Gasteiger charge is 2.25. The van der Waals surface area contributed by atoms with Gasteiger partial charge in [0.05, 0.1) is 5.92 Å². The topological polar surface area (TPSA) is 91.3 Å². The zero-order chi connectivity index (χ0) is 14.5. The van der Waals surface area contributed by atoms with Crippen LogP contribution < -0.4 is 10.6 Å². The quantitative estimate of drug-likeness (QED) is 0.775. The van der Waals surface area contributed by atoms with E-state index in [4.69, 9.17) is 5.11 Å². The molecule has 1 aromatic heterocycles. The molecule has 2 rings (SSSR count). The molecule has 0 radical (unpaired) electrons. The number of rotatable bonds is 4. The SMILES string of the molecule is CNC(=O)c1cc(NC2CCC(C(=O)O)CC2)ccn1. The van der Waals surface area contributed by atoms with E-state index in [-0.39, 0.29) is 17.9 Å². The maximum atomic E-state index is 11.5. The molecule has 1 aliphatic rings. The fourth-order valence-corrected chi connectivity index (χ4v) is 2.49. The van der Waals surface area contributed by atoms with Gasteiger partial charge in [0.1, 0.15) is 5.69 Å². The number of carbonyl (C=O) groups excluding carboxylic acids is 1. The summed E-state index contributed by atoms with van der Waals surface area (Å²) in [7, 11) is 1.57. The summed E-state index contributed by atoms with van der Waals surface area (Å²) in [6.07, 6.45) is 4.64. The van der Waals surface area contributed by atoms with Gasteiger partial charge in [-0.05, 0) is 37.8 Å². The Hall–Kier alpha value is -2.11. The second-order valence-electron chi connectivity index (χ2n) is 5.04. The van der Waals surface area contributed by atoms with E-state index in [0.717, 1.165) is 18.5 Å². The molecular formula is C14H19N3O3. The van der Waals surface area contributed by atoms with E-state index in [0.29, 0.717) is 18.5 Å². The Balaban J connectivity index is 1.94. The molecule has 6 heteroatoms. The van der Waals surface area contributed by atoms with Crippen molar-refractivity contribution in [1.29, 1.82) is 0 Å². The summed E-state index contributed by atoms with van der Waals surface area (Å²) in [6.45, 7) is 0. The number of carbonyl (C=O) groups is 2. The van der Waals surface area contributed by atoms with Gasteiger partial charge in [-0.25, -0.2) is 0 Å². The number of aliphatic carboxylic acids is 1. The molecule has 0 saturated heterocycles. The second-order valence-corrected chi connectivity index (χ2v) is 5.04. The Morgan fingerprint density at radius 1 is 1.30 bits per heavy atom. The molecule has 1 fully saturated rings. The summed E-state index contributed by atoms with van der Waals surface area (Å²) in [5, 5.41) is 14.8. The number of hydrogen-bond acceptors (Lipinski definition) is 4. The largest absolute Gasteiger partial charge is 0.481 e. The number of amides is 1. The van der Waals surface area contributed by atoms with Crippen LogP contribution in [0.25, 0.3) is 0 Å². The monoisotopic (exact) mass is 277 g/mol. The van der Waals surface area contributed by atoms with Crippen LogP contribution in [0.2, 0.25) is 0 Å². The van der Waals surface area contributed by atoms with Crippen LogP contribution in [0.4, 0.5) is 5.69 Å². The Labute approximate surface area is 117 Å². The van der Waals surface area contributed by atoms with E-state index in [2.05, 4.69) is 15.6 Å². The van der Waals surface area contributed by atoms with Crippen LogP contribution in [0, 0.1) is 5.92 Å². The Morgan fingerprint density at radius 3 is 2.60 bits per heavy atom. The van der Waals surface area contributed by atoms with E-state index in [9.17, 15) is 9.59 Å². The van der Waals surface area contributed by atoms with Crippen molar-refractivity contribution < 1.29 is 14.7 Å². The number of hydrogen-bond donors (Lipinski definition) is 3. The first kappa shape index (κ1) is 14.3. The summed E-state index contributed by atoms with van der Waals surface area (Å²) in [4.78, 5) is 26.4. The lowest BCUT2D eigenvalue weighted by atomic mass is 9.86. The van der Waals surface area contributed by atoms with Crippen LogP contribution in [0.5, 0.6) is 0 Å². The van der Waals surface area contributed by atoms with Crippen LogP contribution in [0.1, 0.15) is 36.2 Å². The van der Waals surface area contributed by atoms with Gasteiger partial charge >= 0.3 is 5.97 Å². The lowest BCUT2D eigenvalue weighted by Gasteiger charge is -2.27. The summed E-state index contributed by atoms with van der Waals surface area (Å²) < 4.78 is 0. The third-order valence-electron chi connectivity index (χ3n) is 3.67. The molecule has 1 aromatic rings. The van der Waals surface area contributed by atoms with Crippen LogP contribution in [-0.4, -0.2) is 35.1 Å². The molecule has 1 saturated carbocycles. The van der Waals surface area contributed by atoms with Gasteiger partial charge in [-0.1, -0.05) is 0 Å². The molecule has 108 valence electrons. The fourth-order valence-electron chi connectivity index (χ4n) is 2.49. The number of carboxylic acids is 1. The minimum atomic E-state index is -0.700. The molecular weight excluding hydrogens is 258 g/mol. The van der Waals surface area contributed by atoms with Crippen LogP contribution in [-0.2, 0) is 4.79 Å². The smallest absolute Gasteiger partial charge is 0.306 e. The average molecular weight is 277 g/mol. The molecule has 1 aliphatic carbocycles. The number of nitrogens with one attached hydrogen (secondary N) is 2. The lowest BCUT2D eigenvalue weighted by molar-refractivity contribution is -0.142. The molecule has 3 N–H and O–H groups in total. The molecule has 0 atom stereocenters. The summed E-state index contributed by atoms with van der Waals surface area (Å²) in [5.41, 5.74) is 1.22. The van der Waals surface area contributed by atoms with Crippen molar-refractivity contribution in [2.45, 2.75) is 31.7 Å². The van der Waals surface area contributed by atoms with E-state index in [1.807, 2.05) is 6.07 Å². The Morgan fingerprint density at radius 2 is 2.00 bits per heavy atom. The third-order valence-corrected chi connectivity index (χ3v) is 3.67. The van der Waals surface area contributed by atoms with Gasteiger partial charge < -0.3 is 15.7 Å². The Kier molecular flexibility index (Phi) is 4.55. The standard InChI is InChI=1S/C14H19N3O3/c1-15-13(18)12-8-11(6-7-16-12)17-10-4-2-9(3-5-10)14(19)20/h6-10H,2-5H2,1H3,(H,15,18)(H,16,17)(H,19,20). The average Bonchev–Trinajstić information content (AvgIpc) is 2.47. The van der Waals surface area contributed by atoms with Crippen LogP contribution >= 0.6 is 0 Å². The minimum Gasteiger partial charge on any atom is -0.481 e. The molecule has 0 unspecified atom stereocenters. The van der Waals surface area contributed by atoms with E-state index in [1.165, 1.54) is 0 Å².